The maximum Gasteiger partial charge on any atom is 0.472 e. The number of phosphoric ester groups is 1. The van der Waals surface area contributed by atoms with E-state index in [2.05, 4.69) is 92.8 Å². The zero-order valence-corrected chi connectivity index (χ0v) is 40.4. The lowest BCUT2D eigenvalue weighted by Crippen LogP contribution is -2.64. The highest BCUT2D eigenvalue weighted by molar-refractivity contribution is 7.47. The first-order valence-corrected chi connectivity index (χ1v) is 25.6. The third-order valence-corrected chi connectivity index (χ3v) is 11.4. The van der Waals surface area contributed by atoms with E-state index in [9.17, 15) is 49.7 Å². The number of hydrogen-bond donors (Lipinski definition) is 7. The molecular formula is C51H83O14P. The predicted octanol–water partition coefficient (Wildman–Crippen LogP) is 8.80. The van der Waals surface area contributed by atoms with Gasteiger partial charge in [-0.1, -0.05) is 137 Å². The Kier molecular flexibility index (Phi) is 36.5. The van der Waals surface area contributed by atoms with Crippen LogP contribution in [0.3, 0.4) is 0 Å². The van der Waals surface area contributed by atoms with Crippen LogP contribution >= 0.6 is 7.82 Å². The second-order valence-corrected chi connectivity index (χ2v) is 17.8. The van der Waals surface area contributed by atoms with Crippen LogP contribution < -0.4 is 0 Å². The van der Waals surface area contributed by atoms with Crippen LogP contribution in [0.25, 0.3) is 0 Å². The van der Waals surface area contributed by atoms with E-state index in [1.54, 1.807) is 0 Å². The SMILES string of the molecule is CCCCC/C=C\C/C=C\C/C=C\C/C=C\CCCCCC(=O)O[C@H](COC(=O)CCC/C=C\C/C=C\C/C=C\C/C=C\CC(O)CCC)COP(=O)(O)OC1[C@H](O)[C@H](O)C(O)[C@H](O)[C@H]1O. The van der Waals surface area contributed by atoms with Crippen LogP contribution in [-0.2, 0) is 32.7 Å². The molecular weight excluding hydrogens is 868 g/mol. The zero-order valence-electron chi connectivity index (χ0n) is 39.6. The van der Waals surface area contributed by atoms with Crippen molar-refractivity contribution in [1.82, 2.24) is 0 Å². The molecule has 0 saturated heterocycles. The molecule has 1 fully saturated rings. The number of phosphoric acid groups is 1. The Morgan fingerprint density at radius 2 is 0.970 bits per heavy atom. The Balaban J connectivity index is 2.53. The van der Waals surface area contributed by atoms with E-state index in [4.69, 9.17) is 18.5 Å². The smallest absolute Gasteiger partial charge is 0.462 e. The van der Waals surface area contributed by atoms with Gasteiger partial charge in [-0.15, -0.1) is 0 Å². The monoisotopic (exact) mass is 951 g/mol. The average Bonchev–Trinajstić information content (AvgIpc) is 3.29. The number of hydrogen-bond acceptors (Lipinski definition) is 13. The number of aliphatic hydroxyl groups is 6. The summed E-state index contributed by atoms with van der Waals surface area (Å²) in [6, 6.07) is 0. The van der Waals surface area contributed by atoms with E-state index in [0.29, 0.717) is 25.7 Å². The van der Waals surface area contributed by atoms with Gasteiger partial charge in [0.05, 0.1) is 12.7 Å². The number of esters is 2. The van der Waals surface area contributed by atoms with E-state index >= 15 is 0 Å². The summed E-state index contributed by atoms with van der Waals surface area (Å²) in [6.45, 7) is 2.99. The topological polar surface area (TPSA) is 230 Å². The van der Waals surface area contributed by atoms with E-state index in [-0.39, 0.29) is 18.9 Å². The van der Waals surface area contributed by atoms with Crippen LogP contribution in [0.2, 0.25) is 0 Å². The average molecular weight is 951 g/mol. The van der Waals surface area contributed by atoms with Crippen LogP contribution in [0.4, 0.5) is 0 Å². The maximum atomic E-state index is 12.8. The summed E-state index contributed by atoms with van der Waals surface area (Å²) in [4.78, 5) is 35.7. The summed E-state index contributed by atoms with van der Waals surface area (Å²) < 4.78 is 33.5. The molecule has 0 bridgehead atoms. The fraction of sp³-hybridized carbons (Fsp3) is 0.647. The van der Waals surface area contributed by atoms with E-state index in [1.807, 2.05) is 18.2 Å². The van der Waals surface area contributed by atoms with Crippen molar-refractivity contribution in [2.75, 3.05) is 13.2 Å². The van der Waals surface area contributed by atoms with Crippen molar-refractivity contribution >= 4 is 19.8 Å². The molecule has 1 rings (SSSR count). The van der Waals surface area contributed by atoms with Gasteiger partial charge in [0.15, 0.2) is 6.10 Å². The lowest BCUT2D eigenvalue weighted by atomic mass is 9.85. The number of carbonyl (C=O) groups is 2. The molecule has 1 aliphatic carbocycles. The Hall–Kier alpha value is -3.27. The fourth-order valence-electron chi connectivity index (χ4n) is 6.57. The second kappa shape index (κ2) is 39.7. The quantitative estimate of drug-likeness (QED) is 0.0133. The Morgan fingerprint density at radius 3 is 1.47 bits per heavy atom. The van der Waals surface area contributed by atoms with Gasteiger partial charge in [-0.25, -0.2) is 4.57 Å². The van der Waals surface area contributed by atoms with Crippen LogP contribution in [0.15, 0.2) is 97.2 Å². The summed E-state index contributed by atoms with van der Waals surface area (Å²) in [7, 11) is -5.16. The largest absolute Gasteiger partial charge is 0.472 e. The summed E-state index contributed by atoms with van der Waals surface area (Å²) in [6.07, 6.45) is 36.6. The van der Waals surface area contributed by atoms with Crippen LogP contribution in [0, 0.1) is 0 Å². The van der Waals surface area contributed by atoms with Crippen molar-refractivity contribution in [3.63, 3.8) is 0 Å². The zero-order chi connectivity index (χ0) is 48.7. The van der Waals surface area contributed by atoms with Crippen molar-refractivity contribution in [2.45, 2.75) is 198 Å². The second-order valence-electron chi connectivity index (χ2n) is 16.4. The Bertz CT molecular complexity index is 1540. The van der Waals surface area contributed by atoms with Crippen LogP contribution in [0.5, 0.6) is 0 Å². The number of aliphatic hydroxyl groups excluding tert-OH is 6. The van der Waals surface area contributed by atoms with Gasteiger partial charge in [0, 0.05) is 12.8 Å². The van der Waals surface area contributed by atoms with Gasteiger partial charge in [0.1, 0.15) is 43.2 Å². The van der Waals surface area contributed by atoms with Crippen molar-refractivity contribution in [1.29, 1.82) is 0 Å². The molecule has 0 radical (unpaired) electrons. The molecule has 14 nitrogen and oxygen atoms in total. The van der Waals surface area contributed by atoms with Gasteiger partial charge in [0.25, 0.3) is 0 Å². The van der Waals surface area contributed by atoms with Crippen molar-refractivity contribution in [3.05, 3.63) is 97.2 Å². The summed E-state index contributed by atoms with van der Waals surface area (Å²) >= 11 is 0. The molecule has 0 heterocycles. The fourth-order valence-corrected chi connectivity index (χ4v) is 7.54. The lowest BCUT2D eigenvalue weighted by molar-refractivity contribution is -0.220. The molecule has 66 heavy (non-hydrogen) atoms. The molecule has 0 amide bonds. The van der Waals surface area contributed by atoms with Gasteiger partial charge in [-0.3, -0.25) is 18.6 Å². The summed E-state index contributed by atoms with van der Waals surface area (Å²) in [5.74, 6) is -1.23. The van der Waals surface area contributed by atoms with Crippen LogP contribution in [-0.4, -0.2) is 110 Å². The molecule has 1 saturated carbocycles. The number of allylic oxidation sites excluding steroid dienone is 15. The molecule has 15 heteroatoms. The Labute approximate surface area is 394 Å². The van der Waals surface area contributed by atoms with Crippen molar-refractivity contribution in [2.24, 2.45) is 0 Å². The van der Waals surface area contributed by atoms with E-state index < -0.39 is 75.7 Å². The molecule has 376 valence electrons. The third kappa shape index (κ3) is 31.7. The van der Waals surface area contributed by atoms with E-state index in [0.717, 1.165) is 77.0 Å². The lowest BCUT2D eigenvalue weighted by Gasteiger charge is -2.41. The third-order valence-electron chi connectivity index (χ3n) is 10.5. The summed E-state index contributed by atoms with van der Waals surface area (Å²) in [5, 5.41) is 59.9. The number of rotatable bonds is 38. The van der Waals surface area contributed by atoms with Crippen molar-refractivity contribution < 1.29 is 68.2 Å². The molecule has 1 aliphatic rings. The predicted molar refractivity (Wildman–Crippen MR) is 259 cm³/mol. The molecule has 0 aromatic carbocycles. The number of carbonyl (C=O) groups excluding carboxylic acids is 2. The molecule has 0 aromatic rings. The molecule has 0 aromatic heterocycles. The molecule has 0 spiro atoms. The molecule has 9 atom stereocenters. The highest BCUT2D eigenvalue weighted by Gasteiger charge is 2.51. The summed E-state index contributed by atoms with van der Waals surface area (Å²) in [5.41, 5.74) is 0. The molecule has 4 unspecified atom stereocenters. The van der Waals surface area contributed by atoms with Gasteiger partial charge in [-0.05, 0) is 96.3 Å². The normalized spacial score (nSPS) is 22.6. The highest BCUT2D eigenvalue weighted by atomic mass is 31.2. The number of unbranched alkanes of at least 4 members (excludes halogenated alkanes) is 7. The minimum Gasteiger partial charge on any atom is -0.462 e. The van der Waals surface area contributed by atoms with Gasteiger partial charge in [0.2, 0.25) is 0 Å². The molecule has 7 N–H and O–H groups in total. The first-order chi connectivity index (χ1) is 31.8. The highest BCUT2D eigenvalue weighted by Crippen LogP contribution is 2.47. The maximum absolute atomic E-state index is 12.8. The van der Waals surface area contributed by atoms with Gasteiger partial charge in [-0.2, -0.15) is 0 Å². The Morgan fingerprint density at radius 1 is 0.530 bits per heavy atom. The van der Waals surface area contributed by atoms with E-state index in [1.165, 1.54) is 19.3 Å². The van der Waals surface area contributed by atoms with Crippen LogP contribution in [0.1, 0.15) is 149 Å². The standard InChI is InChI=1S/C51H83O14P/c1-3-5-6-7-8-9-10-11-12-13-14-15-16-19-23-26-29-32-35-39-45(54)64-43(41-63-66(60,61)65-51-49(58)47(56)46(55)48(57)50(51)59)40-62-44(53)38-34-31-28-25-22-20-17-18-21-24-27-30-33-37-42(52)36-4-2/h8-9,11-12,14-15,17,19-21,23-25,28,30,33,42-43,46-52,55-59H,3-7,10,13,16,18,22,26-27,29,31-32,34-41H2,1-2H3,(H,60,61)/b9-8-,12-11-,15-14-,20-17-,23-19-,24-21-,28-25-,33-30-/t42?,43-,46?,47-,48+,49-,50-,51?/m1/s1. The first-order valence-electron chi connectivity index (χ1n) is 24.1. The van der Waals surface area contributed by atoms with Gasteiger partial charge < -0.3 is 45.0 Å². The van der Waals surface area contributed by atoms with Gasteiger partial charge >= 0.3 is 19.8 Å². The first kappa shape index (κ1) is 60.7. The molecule has 0 aliphatic heterocycles. The minimum atomic E-state index is -5.16. The minimum absolute atomic E-state index is 0.0342. The number of ether oxygens (including phenoxy) is 2. The van der Waals surface area contributed by atoms with Crippen molar-refractivity contribution in [3.8, 4) is 0 Å².